The summed E-state index contributed by atoms with van der Waals surface area (Å²) >= 11 is 1.45. The number of nitrogens with one attached hydrogen (secondary N) is 1. The molecule has 0 spiro atoms. The average molecular weight is 253 g/mol. The second-order valence-electron chi connectivity index (χ2n) is 4.41. The number of rotatable bonds is 4. The van der Waals surface area contributed by atoms with Gasteiger partial charge in [0.2, 0.25) is 0 Å². The van der Waals surface area contributed by atoms with Gasteiger partial charge in [-0.05, 0) is 26.3 Å². The first kappa shape index (κ1) is 12.5. The minimum atomic E-state index is 0.153. The quantitative estimate of drug-likeness (QED) is 0.887. The van der Waals surface area contributed by atoms with Crippen molar-refractivity contribution in [2.75, 3.05) is 19.6 Å². The van der Waals surface area contributed by atoms with Gasteiger partial charge < -0.3 is 10.2 Å². The summed E-state index contributed by atoms with van der Waals surface area (Å²) in [5.74, 6) is 0.153. The van der Waals surface area contributed by atoms with Crippen molar-refractivity contribution in [2.45, 2.75) is 32.7 Å². The van der Waals surface area contributed by atoms with Crippen molar-refractivity contribution in [2.24, 2.45) is 0 Å². The van der Waals surface area contributed by atoms with Crippen LogP contribution in [0, 0.1) is 6.92 Å². The summed E-state index contributed by atoms with van der Waals surface area (Å²) in [6, 6.07) is 0.351. The van der Waals surface area contributed by atoms with Crippen LogP contribution in [0.2, 0.25) is 0 Å². The molecule has 4 nitrogen and oxygen atoms in total. The molecule has 1 atom stereocenters. The van der Waals surface area contributed by atoms with Crippen LogP contribution in [0.3, 0.4) is 0 Å². The van der Waals surface area contributed by atoms with Crippen LogP contribution in [0.1, 0.15) is 35.1 Å². The monoisotopic (exact) mass is 253 g/mol. The smallest absolute Gasteiger partial charge is 0.266 e. The van der Waals surface area contributed by atoms with E-state index in [9.17, 15) is 4.79 Å². The van der Waals surface area contributed by atoms with Crippen molar-refractivity contribution in [3.63, 3.8) is 0 Å². The normalized spacial score (nSPS) is 19.5. The second-order valence-corrected chi connectivity index (χ2v) is 5.27. The average Bonchev–Trinajstić information content (AvgIpc) is 2.95. The molecule has 0 saturated carbocycles. The summed E-state index contributed by atoms with van der Waals surface area (Å²) in [5.41, 5.74) is 2.60. The van der Waals surface area contributed by atoms with Crippen LogP contribution in [0.4, 0.5) is 0 Å². The van der Waals surface area contributed by atoms with Crippen LogP contribution in [0.15, 0.2) is 5.51 Å². The SMILES string of the molecule is CCCN(C(=O)c1scnc1C)C1CCNC1. The fraction of sp³-hybridized carbons (Fsp3) is 0.667. The maximum atomic E-state index is 12.5. The van der Waals surface area contributed by atoms with Crippen LogP contribution >= 0.6 is 11.3 Å². The molecule has 1 amide bonds. The Morgan fingerprint density at radius 3 is 3.06 bits per heavy atom. The fourth-order valence-corrected chi connectivity index (χ4v) is 2.99. The Kier molecular flexibility index (Phi) is 4.12. The topological polar surface area (TPSA) is 45.2 Å². The third kappa shape index (κ3) is 2.66. The summed E-state index contributed by atoms with van der Waals surface area (Å²) in [5, 5.41) is 3.32. The van der Waals surface area contributed by atoms with Crippen molar-refractivity contribution in [1.29, 1.82) is 0 Å². The Bertz CT molecular complexity index is 385. The molecule has 1 saturated heterocycles. The highest BCUT2D eigenvalue weighted by Crippen LogP contribution is 2.19. The molecule has 1 aromatic heterocycles. The third-order valence-corrected chi connectivity index (χ3v) is 4.06. The van der Waals surface area contributed by atoms with Gasteiger partial charge in [-0.1, -0.05) is 6.92 Å². The van der Waals surface area contributed by atoms with Crippen LogP contribution in [0.25, 0.3) is 0 Å². The molecule has 1 unspecified atom stereocenters. The van der Waals surface area contributed by atoms with Gasteiger partial charge in [0.25, 0.3) is 5.91 Å². The number of aryl methyl sites for hydroxylation is 1. The number of hydrogen-bond acceptors (Lipinski definition) is 4. The molecule has 0 aliphatic carbocycles. The van der Waals surface area contributed by atoms with Crippen LogP contribution < -0.4 is 5.32 Å². The van der Waals surface area contributed by atoms with Gasteiger partial charge in [0.1, 0.15) is 4.88 Å². The lowest BCUT2D eigenvalue weighted by Gasteiger charge is -2.27. The van der Waals surface area contributed by atoms with Gasteiger partial charge in [0.05, 0.1) is 11.2 Å². The number of thiazole rings is 1. The summed E-state index contributed by atoms with van der Waals surface area (Å²) in [7, 11) is 0. The first-order chi connectivity index (χ1) is 8.24. The number of nitrogens with zero attached hydrogens (tertiary/aromatic N) is 2. The molecule has 0 bridgehead atoms. The lowest BCUT2D eigenvalue weighted by atomic mass is 10.2. The standard InChI is InChI=1S/C12H19N3OS/c1-3-6-15(10-4-5-13-7-10)12(16)11-9(2)14-8-17-11/h8,10,13H,3-7H2,1-2H3. The Labute approximate surface area is 106 Å². The van der Waals surface area contributed by atoms with E-state index in [4.69, 9.17) is 0 Å². The van der Waals surface area contributed by atoms with Gasteiger partial charge in [-0.25, -0.2) is 4.98 Å². The lowest BCUT2D eigenvalue weighted by Crippen LogP contribution is -2.42. The largest absolute Gasteiger partial charge is 0.334 e. The molecule has 1 aromatic rings. The van der Waals surface area contributed by atoms with Crippen LogP contribution in [-0.4, -0.2) is 41.5 Å². The molecule has 5 heteroatoms. The van der Waals surface area contributed by atoms with E-state index in [0.29, 0.717) is 6.04 Å². The van der Waals surface area contributed by atoms with E-state index >= 15 is 0 Å². The molecule has 94 valence electrons. The van der Waals surface area contributed by atoms with Gasteiger partial charge in [0, 0.05) is 19.1 Å². The predicted octanol–water partition coefficient (Wildman–Crippen LogP) is 1.67. The molecule has 1 N–H and O–H groups in total. The molecule has 0 radical (unpaired) electrons. The first-order valence-electron chi connectivity index (χ1n) is 6.15. The van der Waals surface area contributed by atoms with E-state index in [1.165, 1.54) is 11.3 Å². The molecule has 2 rings (SSSR count). The predicted molar refractivity (Wildman–Crippen MR) is 69.5 cm³/mol. The van der Waals surface area contributed by atoms with Gasteiger partial charge in [-0.3, -0.25) is 4.79 Å². The first-order valence-corrected chi connectivity index (χ1v) is 7.03. The maximum Gasteiger partial charge on any atom is 0.266 e. The van der Waals surface area contributed by atoms with E-state index in [0.717, 1.165) is 43.0 Å². The van der Waals surface area contributed by atoms with Crippen molar-refractivity contribution < 1.29 is 4.79 Å². The highest BCUT2D eigenvalue weighted by Gasteiger charge is 2.28. The zero-order chi connectivity index (χ0) is 12.3. The minimum absolute atomic E-state index is 0.153. The Morgan fingerprint density at radius 1 is 1.71 bits per heavy atom. The Hall–Kier alpha value is -0.940. The van der Waals surface area contributed by atoms with Crippen LogP contribution in [0.5, 0.6) is 0 Å². The molecule has 17 heavy (non-hydrogen) atoms. The van der Waals surface area contributed by atoms with Crippen molar-refractivity contribution >= 4 is 17.2 Å². The zero-order valence-electron chi connectivity index (χ0n) is 10.4. The van der Waals surface area contributed by atoms with E-state index in [1.54, 1.807) is 5.51 Å². The van der Waals surface area contributed by atoms with E-state index < -0.39 is 0 Å². The van der Waals surface area contributed by atoms with Crippen molar-refractivity contribution in [1.82, 2.24) is 15.2 Å². The second kappa shape index (κ2) is 5.60. The molecule has 0 aromatic carbocycles. The van der Waals surface area contributed by atoms with Crippen molar-refractivity contribution in [3.8, 4) is 0 Å². The maximum absolute atomic E-state index is 12.5. The molecule has 2 heterocycles. The highest BCUT2D eigenvalue weighted by molar-refractivity contribution is 7.11. The number of hydrogen-bond donors (Lipinski definition) is 1. The van der Waals surface area contributed by atoms with E-state index in [2.05, 4.69) is 17.2 Å². The number of carbonyl (C=O) groups excluding carboxylic acids is 1. The fourth-order valence-electron chi connectivity index (χ4n) is 2.23. The van der Waals surface area contributed by atoms with Gasteiger partial charge in [-0.15, -0.1) is 11.3 Å². The van der Waals surface area contributed by atoms with E-state index in [1.807, 2.05) is 11.8 Å². The third-order valence-electron chi connectivity index (χ3n) is 3.14. The zero-order valence-corrected chi connectivity index (χ0v) is 11.2. The molecular formula is C12H19N3OS. The summed E-state index contributed by atoms with van der Waals surface area (Å²) < 4.78 is 0. The number of carbonyl (C=O) groups is 1. The summed E-state index contributed by atoms with van der Waals surface area (Å²) in [6.07, 6.45) is 2.06. The highest BCUT2D eigenvalue weighted by atomic mass is 32.1. The molecule has 1 aliphatic rings. The Morgan fingerprint density at radius 2 is 2.53 bits per heavy atom. The van der Waals surface area contributed by atoms with Crippen LogP contribution in [-0.2, 0) is 0 Å². The summed E-state index contributed by atoms with van der Waals surface area (Å²) in [6.45, 7) is 6.79. The molecule has 1 aliphatic heterocycles. The lowest BCUT2D eigenvalue weighted by molar-refractivity contribution is 0.0696. The number of aromatic nitrogens is 1. The van der Waals surface area contributed by atoms with Gasteiger partial charge >= 0.3 is 0 Å². The number of amides is 1. The molecular weight excluding hydrogens is 234 g/mol. The summed E-state index contributed by atoms with van der Waals surface area (Å²) in [4.78, 5) is 19.4. The van der Waals surface area contributed by atoms with Gasteiger partial charge in [-0.2, -0.15) is 0 Å². The molecule has 1 fully saturated rings. The van der Waals surface area contributed by atoms with Crippen molar-refractivity contribution in [3.05, 3.63) is 16.1 Å². The minimum Gasteiger partial charge on any atom is -0.334 e. The Balaban J connectivity index is 2.15. The van der Waals surface area contributed by atoms with E-state index in [-0.39, 0.29) is 5.91 Å². The van der Waals surface area contributed by atoms with Gasteiger partial charge in [0.15, 0.2) is 0 Å².